The number of aliphatic hydroxyl groups excluding tert-OH is 1. The molecule has 0 bridgehead atoms. The van der Waals surface area contributed by atoms with Crippen LogP contribution in [0.25, 0.3) is 5.76 Å². The molecule has 2 amide bonds. The zero-order chi connectivity index (χ0) is 26.7. The van der Waals surface area contributed by atoms with Gasteiger partial charge in [0, 0.05) is 37.6 Å². The molecule has 1 N–H and O–H groups in total. The Kier molecular flexibility index (Phi) is 7.87. The van der Waals surface area contributed by atoms with Crippen LogP contribution in [-0.2, 0) is 14.3 Å². The minimum absolute atomic E-state index is 0.0923. The van der Waals surface area contributed by atoms with Gasteiger partial charge >= 0.3 is 6.09 Å². The standard InChI is InChI=1S/C26H28ClN3O7/c1-4-37-26(34)29-10-7-16(8-11-29)30-22(15-6-5-9-28-14-15)21(24(32)25(30)33)23(31)17-12-18(27)20(36-3)13-19(17)35-2/h5-6,9,12-14,16,22,31H,4,7-8,10-11H2,1-3H3/b23-21+. The number of Topliss-reactive ketones (excluding diaryl/α,β-unsaturated/α-hetero) is 1. The minimum Gasteiger partial charge on any atom is -0.507 e. The van der Waals surface area contributed by atoms with Gasteiger partial charge < -0.3 is 29.1 Å². The van der Waals surface area contributed by atoms with Crippen molar-refractivity contribution in [2.24, 2.45) is 0 Å². The van der Waals surface area contributed by atoms with Gasteiger partial charge in [-0.2, -0.15) is 0 Å². The fourth-order valence-corrected chi connectivity index (χ4v) is 5.06. The number of likely N-dealkylation sites (tertiary alicyclic amines) is 2. The molecule has 4 rings (SSSR count). The van der Waals surface area contributed by atoms with Gasteiger partial charge in [0.05, 0.1) is 43.0 Å². The number of nitrogens with zero attached hydrogens (tertiary/aromatic N) is 3. The Hall–Kier alpha value is -3.79. The van der Waals surface area contributed by atoms with Crippen molar-refractivity contribution in [2.45, 2.75) is 31.8 Å². The Balaban J connectivity index is 1.78. The lowest BCUT2D eigenvalue weighted by molar-refractivity contribution is -0.142. The first-order valence-electron chi connectivity index (χ1n) is 11.9. The van der Waals surface area contributed by atoms with Crippen LogP contribution in [0, 0.1) is 0 Å². The van der Waals surface area contributed by atoms with Gasteiger partial charge in [0.1, 0.15) is 17.3 Å². The zero-order valence-corrected chi connectivity index (χ0v) is 21.5. The van der Waals surface area contributed by atoms with Gasteiger partial charge in [0.2, 0.25) is 0 Å². The molecule has 2 aliphatic rings. The number of ketones is 1. The first-order chi connectivity index (χ1) is 17.8. The highest BCUT2D eigenvalue weighted by Gasteiger charge is 2.49. The highest BCUT2D eigenvalue weighted by Crippen LogP contribution is 2.44. The average Bonchev–Trinajstić information content (AvgIpc) is 3.19. The second-order valence-electron chi connectivity index (χ2n) is 8.60. The van der Waals surface area contributed by atoms with Gasteiger partial charge in [-0.15, -0.1) is 0 Å². The summed E-state index contributed by atoms with van der Waals surface area (Å²) in [5.74, 6) is -1.43. The molecule has 10 nitrogen and oxygen atoms in total. The lowest BCUT2D eigenvalue weighted by Crippen LogP contribution is -2.48. The number of pyridine rings is 1. The molecule has 2 aromatic rings. The van der Waals surface area contributed by atoms with Gasteiger partial charge in [-0.25, -0.2) is 4.79 Å². The number of ether oxygens (including phenoxy) is 3. The quantitative estimate of drug-likeness (QED) is 0.341. The van der Waals surface area contributed by atoms with Crippen LogP contribution < -0.4 is 9.47 Å². The van der Waals surface area contributed by atoms with E-state index in [0.717, 1.165) is 0 Å². The van der Waals surface area contributed by atoms with Crippen molar-refractivity contribution in [3.8, 4) is 11.5 Å². The summed E-state index contributed by atoms with van der Waals surface area (Å²) in [7, 11) is 2.86. The van der Waals surface area contributed by atoms with Crippen molar-refractivity contribution < 1.29 is 33.7 Å². The highest BCUT2D eigenvalue weighted by atomic mass is 35.5. The van der Waals surface area contributed by atoms with Gasteiger partial charge in [-0.05, 0) is 37.5 Å². The molecule has 3 heterocycles. The monoisotopic (exact) mass is 529 g/mol. The van der Waals surface area contributed by atoms with Crippen LogP contribution in [-0.4, -0.2) is 77.6 Å². The van der Waals surface area contributed by atoms with Gasteiger partial charge in [0.25, 0.3) is 11.7 Å². The van der Waals surface area contributed by atoms with E-state index in [2.05, 4.69) is 4.98 Å². The van der Waals surface area contributed by atoms with Crippen molar-refractivity contribution in [1.82, 2.24) is 14.8 Å². The third kappa shape index (κ3) is 4.93. The number of hydrogen-bond donors (Lipinski definition) is 1. The molecule has 1 aromatic heterocycles. The molecular formula is C26H28ClN3O7. The summed E-state index contributed by atoms with van der Waals surface area (Å²) >= 11 is 6.31. The number of hydrogen-bond acceptors (Lipinski definition) is 8. The maximum Gasteiger partial charge on any atom is 0.409 e. The van der Waals surface area contributed by atoms with E-state index in [-0.39, 0.29) is 34.6 Å². The lowest BCUT2D eigenvalue weighted by Gasteiger charge is -2.38. The van der Waals surface area contributed by atoms with Crippen LogP contribution in [0.1, 0.15) is 36.9 Å². The smallest absolute Gasteiger partial charge is 0.409 e. The molecule has 2 fully saturated rings. The van der Waals surface area contributed by atoms with E-state index in [1.165, 1.54) is 31.3 Å². The first-order valence-corrected chi connectivity index (χ1v) is 12.2. The SMILES string of the molecule is CCOC(=O)N1CCC(N2C(=O)C(=O)/C(=C(/O)c3cc(Cl)c(OC)cc3OC)C2c2cccnc2)CC1. The van der Waals surface area contributed by atoms with E-state index < -0.39 is 29.6 Å². The minimum atomic E-state index is -0.890. The number of rotatable bonds is 6. The number of methoxy groups -OCH3 is 2. The maximum absolute atomic E-state index is 13.4. The molecule has 0 saturated carbocycles. The Bertz CT molecular complexity index is 1230. The second-order valence-corrected chi connectivity index (χ2v) is 9.00. The Morgan fingerprint density at radius 1 is 1.16 bits per heavy atom. The first kappa shape index (κ1) is 26.3. The van der Waals surface area contributed by atoms with Crippen molar-refractivity contribution in [1.29, 1.82) is 0 Å². The molecule has 2 aliphatic heterocycles. The van der Waals surface area contributed by atoms with E-state index in [1.54, 1.807) is 36.4 Å². The molecule has 1 atom stereocenters. The fourth-order valence-electron chi connectivity index (χ4n) is 4.82. The number of amides is 2. The van der Waals surface area contributed by atoms with Crippen LogP contribution in [0.15, 0.2) is 42.2 Å². The number of piperidine rings is 1. The predicted octanol–water partition coefficient (Wildman–Crippen LogP) is 3.79. The average molecular weight is 530 g/mol. The normalized spacial score (nSPS) is 19.7. The van der Waals surface area contributed by atoms with Crippen molar-refractivity contribution in [3.05, 3.63) is 58.4 Å². The summed E-state index contributed by atoms with van der Waals surface area (Å²) in [4.78, 5) is 46.2. The van der Waals surface area contributed by atoms with Crippen LogP contribution in [0.3, 0.4) is 0 Å². The molecule has 1 unspecified atom stereocenters. The third-order valence-corrected chi connectivity index (χ3v) is 6.89. The molecular weight excluding hydrogens is 502 g/mol. The number of carbonyl (C=O) groups excluding carboxylic acids is 3. The van der Waals surface area contributed by atoms with Crippen LogP contribution >= 0.6 is 11.6 Å². The Morgan fingerprint density at radius 2 is 1.86 bits per heavy atom. The van der Waals surface area contributed by atoms with Crippen molar-refractivity contribution in [3.63, 3.8) is 0 Å². The number of halogens is 1. The largest absolute Gasteiger partial charge is 0.507 e. The number of carbonyl (C=O) groups is 3. The molecule has 0 spiro atoms. The van der Waals surface area contributed by atoms with Crippen molar-refractivity contribution in [2.75, 3.05) is 33.9 Å². The lowest BCUT2D eigenvalue weighted by atomic mass is 9.94. The molecule has 11 heteroatoms. The van der Waals surface area contributed by atoms with Crippen LogP contribution in [0.2, 0.25) is 5.02 Å². The molecule has 37 heavy (non-hydrogen) atoms. The van der Waals surface area contributed by atoms with Crippen LogP contribution in [0.4, 0.5) is 4.79 Å². The van der Waals surface area contributed by atoms with Crippen LogP contribution in [0.5, 0.6) is 11.5 Å². The topological polar surface area (TPSA) is 119 Å². The summed E-state index contributed by atoms with van der Waals surface area (Å²) in [6.45, 7) is 2.75. The maximum atomic E-state index is 13.4. The Morgan fingerprint density at radius 3 is 2.46 bits per heavy atom. The second kappa shape index (κ2) is 11.1. The van der Waals surface area contributed by atoms with E-state index in [0.29, 0.717) is 37.2 Å². The molecule has 1 aromatic carbocycles. The van der Waals surface area contributed by atoms with Gasteiger partial charge in [0.15, 0.2) is 0 Å². The van der Waals surface area contributed by atoms with E-state index >= 15 is 0 Å². The molecule has 2 saturated heterocycles. The number of aromatic nitrogens is 1. The van der Waals surface area contributed by atoms with Gasteiger partial charge in [-0.3, -0.25) is 14.6 Å². The number of aliphatic hydroxyl groups is 1. The zero-order valence-electron chi connectivity index (χ0n) is 20.8. The predicted molar refractivity (Wildman–Crippen MR) is 135 cm³/mol. The summed E-state index contributed by atoms with van der Waals surface area (Å²) < 4.78 is 15.7. The highest BCUT2D eigenvalue weighted by molar-refractivity contribution is 6.46. The third-order valence-electron chi connectivity index (χ3n) is 6.59. The fraction of sp³-hybridized carbons (Fsp3) is 0.385. The molecule has 196 valence electrons. The van der Waals surface area contributed by atoms with E-state index in [4.69, 9.17) is 25.8 Å². The summed E-state index contributed by atoms with van der Waals surface area (Å²) in [5.41, 5.74) is 0.623. The van der Waals surface area contributed by atoms with Gasteiger partial charge in [-0.1, -0.05) is 17.7 Å². The molecule has 0 aliphatic carbocycles. The van der Waals surface area contributed by atoms with Crippen molar-refractivity contribution >= 4 is 35.1 Å². The summed E-state index contributed by atoms with van der Waals surface area (Å²) in [6.07, 6.45) is 3.62. The Labute approximate surface area is 219 Å². The molecule has 0 radical (unpaired) electrons. The number of benzene rings is 1. The summed E-state index contributed by atoms with van der Waals surface area (Å²) in [6, 6.07) is 5.13. The summed E-state index contributed by atoms with van der Waals surface area (Å²) in [5, 5.41) is 11.6. The van der Waals surface area contributed by atoms with E-state index in [1.807, 2.05) is 0 Å². The van der Waals surface area contributed by atoms with E-state index in [9.17, 15) is 19.5 Å².